The molecule has 1 fully saturated rings. The van der Waals surface area contributed by atoms with E-state index in [0.29, 0.717) is 6.54 Å². The van der Waals surface area contributed by atoms with Crippen molar-refractivity contribution in [3.05, 3.63) is 60.2 Å². The molecule has 0 saturated carbocycles. The summed E-state index contributed by atoms with van der Waals surface area (Å²) in [5, 5.41) is 2.97. The normalized spacial score (nSPS) is 14.7. The summed E-state index contributed by atoms with van der Waals surface area (Å²) in [6, 6.07) is 18.3. The molecule has 0 unspecified atom stereocenters. The number of benzene rings is 2. The number of hydrogen-bond acceptors (Lipinski definition) is 4. The first-order valence-electron chi connectivity index (χ1n) is 9.30. The molecule has 0 radical (unpaired) electrons. The van der Waals surface area contributed by atoms with Gasteiger partial charge in [0.1, 0.15) is 0 Å². The van der Waals surface area contributed by atoms with Gasteiger partial charge in [-0.05, 0) is 29.8 Å². The largest absolute Gasteiger partial charge is 0.379 e. The Bertz CT molecular complexity index is 703. The van der Waals surface area contributed by atoms with Crippen LogP contribution in [0.1, 0.15) is 5.56 Å². The van der Waals surface area contributed by atoms with Crippen molar-refractivity contribution < 1.29 is 9.53 Å². The summed E-state index contributed by atoms with van der Waals surface area (Å²) in [7, 11) is 1.83. The highest BCUT2D eigenvalue weighted by molar-refractivity contribution is 7.99. The first kappa shape index (κ1) is 19.7. The average molecular weight is 386 g/mol. The Morgan fingerprint density at radius 1 is 1.11 bits per heavy atom. The molecule has 2 amide bonds. The maximum absolute atomic E-state index is 12.3. The van der Waals surface area contributed by atoms with E-state index in [1.165, 1.54) is 10.5 Å². The van der Waals surface area contributed by atoms with E-state index in [0.717, 1.165) is 44.3 Å². The van der Waals surface area contributed by atoms with E-state index in [2.05, 4.69) is 34.5 Å². The molecule has 0 aromatic heterocycles. The Balaban J connectivity index is 1.41. The second-order valence-corrected chi connectivity index (χ2v) is 7.77. The van der Waals surface area contributed by atoms with Crippen LogP contribution in [0.15, 0.2) is 59.5 Å². The van der Waals surface area contributed by atoms with Crippen LogP contribution in [0.2, 0.25) is 0 Å². The SMILES string of the molecule is CN(CCSc1ccccc1)C(=O)Nc1ccc(CN2CCOCC2)cc1. The van der Waals surface area contributed by atoms with Crippen molar-refractivity contribution in [2.75, 3.05) is 51.0 Å². The zero-order valence-electron chi connectivity index (χ0n) is 15.8. The molecule has 6 heteroatoms. The molecule has 0 atom stereocenters. The van der Waals surface area contributed by atoms with E-state index >= 15 is 0 Å². The molecule has 0 bridgehead atoms. The van der Waals surface area contributed by atoms with Crippen molar-refractivity contribution in [1.82, 2.24) is 9.80 Å². The number of rotatable bonds is 7. The van der Waals surface area contributed by atoms with Crippen molar-refractivity contribution in [2.45, 2.75) is 11.4 Å². The fourth-order valence-electron chi connectivity index (χ4n) is 2.85. The monoisotopic (exact) mass is 385 g/mol. The van der Waals surface area contributed by atoms with E-state index < -0.39 is 0 Å². The molecule has 1 saturated heterocycles. The molecular weight excluding hydrogens is 358 g/mol. The molecule has 0 aliphatic carbocycles. The molecule has 1 N–H and O–H groups in total. The number of amides is 2. The molecule has 2 aromatic rings. The fraction of sp³-hybridized carbons (Fsp3) is 0.381. The second kappa shape index (κ2) is 10.3. The highest BCUT2D eigenvalue weighted by Gasteiger charge is 2.11. The Hall–Kier alpha value is -2.02. The van der Waals surface area contributed by atoms with Crippen LogP contribution in [0.5, 0.6) is 0 Å². The van der Waals surface area contributed by atoms with Crippen LogP contribution in [0.25, 0.3) is 0 Å². The van der Waals surface area contributed by atoms with Crippen LogP contribution in [-0.4, -0.2) is 61.5 Å². The number of morpholine rings is 1. The minimum absolute atomic E-state index is 0.0791. The minimum Gasteiger partial charge on any atom is -0.379 e. The number of anilines is 1. The van der Waals surface area contributed by atoms with Gasteiger partial charge in [-0.3, -0.25) is 4.90 Å². The Kier molecular flexibility index (Phi) is 7.56. The van der Waals surface area contributed by atoms with Gasteiger partial charge in [0.2, 0.25) is 0 Å². The van der Waals surface area contributed by atoms with E-state index in [-0.39, 0.29) is 6.03 Å². The summed E-state index contributed by atoms with van der Waals surface area (Å²) in [5.41, 5.74) is 2.08. The molecule has 1 heterocycles. The van der Waals surface area contributed by atoms with Crippen molar-refractivity contribution in [3.8, 4) is 0 Å². The van der Waals surface area contributed by atoms with Gasteiger partial charge in [-0.2, -0.15) is 0 Å². The average Bonchev–Trinajstić information content (AvgIpc) is 2.71. The van der Waals surface area contributed by atoms with Gasteiger partial charge in [-0.25, -0.2) is 4.79 Å². The zero-order chi connectivity index (χ0) is 18.9. The third-order valence-corrected chi connectivity index (χ3v) is 5.49. The van der Waals surface area contributed by atoms with Gasteiger partial charge < -0.3 is 15.0 Å². The lowest BCUT2D eigenvalue weighted by Gasteiger charge is -2.26. The number of nitrogens with zero attached hydrogens (tertiary/aromatic N) is 2. The molecule has 1 aliphatic heterocycles. The molecule has 27 heavy (non-hydrogen) atoms. The van der Waals surface area contributed by atoms with E-state index in [4.69, 9.17) is 4.74 Å². The van der Waals surface area contributed by atoms with Crippen molar-refractivity contribution in [2.24, 2.45) is 0 Å². The lowest BCUT2D eigenvalue weighted by molar-refractivity contribution is 0.0342. The Morgan fingerprint density at radius 2 is 1.81 bits per heavy atom. The predicted octanol–water partition coefficient (Wildman–Crippen LogP) is 3.77. The fourth-order valence-corrected chi connectivity index (χ4v) is 3.80. The third kappa shape index (κ3) is 6.57. The van der Waals surface area contributed by atoms with Gasteiger partial charge in [0.25, 0.3) is 0 Å². The Labute approximate surface area is 165 Å². The molecular formula is C21H27N3O2S. The van der Waals surface area contributed by atoms with Gasteiger partial charge in [0, 0.05) is 49.6 Å². The molecule has 3 rings (SSSR count). The van der Waals surface area contributed by atoms with Gasteiger partial charge in [-0.15, -0.1) is 11.8 Å². The quantitative estimate of drug-likeness (QED) is 0.737. The van der Waals surface area contributed by atoms with Gasteiger partial charge in [0.05, 0.1) is 13.2 Å². The summed E-state index contributed by atoms with van der Waals surface area (Å²) >= 11 is 1.76. The van der Waals surface area contributed by atoms with E-state index in [1.54, 1.807) is 16.7 Å². The standard InChI is InChI=1S/C21H27N3O2S/c1-23(13-16-27-20-5-3-2-4-6-20)21(25)22-19-9-7-18(8-10-19)17-24-11-14-26-15-12-24/h2-10H,11-17H2,1H3,(H,22,25). The van der Waals surface area contributed by atoms with E-state index in [1.807, 2.05) is 37.4 Å². The molecule has 1 aliphatic rings. The van der Waals surface area contributed by atoms with Gasteiger partial charge >= 0.3 is 6.03 Å². The summed E-state index contributed by atoms with van der Waals surface area (Å²) in [5.74, 6) is 0.867. The Morgan fingerprint density at radius 3 is 2.52 bits per heavy atom. The number of nitrogens with one attached hydrogen (secondary N) is 1. The zero-order valence-corrected chi connectivity index (χ0v) is 16.6. The van der Waals surface area contributed by atoms with Crippen LogP contribution in [0.3, 0.4) is 0 Å². The highest BCUT2D eigenvalue weighted by Crippen LogP contribution is 2.17. The number of urea groups is 1. The van der Waals surface area contributed by atoms with Crippen molar-refractivity contribution >= 4 is 23.5 Å². The van der Waals surface area contributed by atoms with Crippen LogP contribution in [0, 0.1) is 0 Å². The van der Waals surface area contributed by atoms with Crippen molar-refractivity contribution in [3.63, 3.8) is 0 Å². The maximum Gasteiger partial charge on any atom is 0.321 e. The summed E-state index contributed by atoms with van der Waals surface area (Å²) in [4.78, 5) is 17.7. The van der Waals surface area contributed by atoms with Gasteiger partial charge in [-0.1, -0.05) is 30.3 Å². The molecule has 5 nitrogen and oxygen atoms in total. The first-order chi connectivity index (χ1) is 13.2. The molecule has 144 valence electrons. The number of hydrogen-bond donors (Lipinski definition) is 1. The maximum atomic E-state index is 12.3. The van der Waals surface area contributed by atoms with Gasteiger partial charge in [0.15, 0.2) is 0 Å². The second-order valence-electron chi connectivity index (χ2n) is 6.60. The number of carbonyl (C=O) groups is 1. The summed E-state index contributed by atoms with van der Waals surface area (Å²) in [6.07, 6.45) is 0. The minimum atomic E-state index is -0.0791. The molecule has 2 aromatic carbocycles. The number of carbonyl (C=O) groups excluding carboxylic acids is 1. The van der Waals surface area contributed by atoms with Crippen LogP contribution in [-0.2, 0) is 11.3 Å². The number of ether oxygens (including phenoxy) is 1. The third-order valence-electron chi connectivity index (χ3n) is 4.50. The lowest BCUT2D eigenvalue weighted by Crippen LogP contribution is -2.35. The van der Waals surface area contributed by atoms with E-state index in [9.17, 15) is 4.79 Å². The smallest absolute Gasteiger partial charge is 0.321 e. The van der Waals surface area contributed by atoms with Crippen LogP contribution in [0.4, 0.5) is 10.5 Å². The van der Waals surface area contributed by atoms with Crippen molar-refractivity contribution in [1.29, 1.82) is 0 Å². The summed E-state index contributed by atoms with van der Waals surface area (Å²) in [6.45, 7) is 5.19. The highest BCUT2D eigenvalue weighted by atomic mass is 32.2. The predicted molar refractivity (Wildman–Crippen MR) is 111 cm³/mol. The van der Waals surface area contributed by atoms with Crippen LogP contribution >= 0.6 is 11.8 Å². The van der Waals surface area contributed by atoms with Crippen LogP contribution < -0.4 is 5.32 Å². The topological polar surface area (TPSA) is 44.8 Å². The summed E-state index contributed by atoms with van der Waals surface area (Å²) < 4.78 is 5.38. The first-order valence-corrected chi connectivity index (χ1v) is 10.3. The lowest BCUT2D eigenvalue weighted by atomic mass is 10.2. The number of thioether (sulfide) groups is 1. The molecule has 0 spiro atoms.